The molecule has 1 aliphatic carbocycles. The van der Waals surface area contributed by atoms with Crippen molar-refractivity contribution in [3.05, 3.63) is 46.8 Å². The quantitative estimate of drug-likeness (QED) is 0.436. The molecule has 0 N–H and O–H groups in total. The number of hydrogen-bond acceptors (Lipinski definition) is 7. The number of benzene rings is 1. The van der Waals surface area contributed by atoms with E-state index in [1.54, 1.807) is 0 Å². The molecule has 0 amide bonds. The summed E-state index contributed by atoms with van der Waals surface area (Å²) in [6.07, 6.45) is 2.21. The van der Waals surface area contributed by atoms with Crippen LogP contribution in [0.2, 0.25) is 0 Å². The third kappa shape index (κ3) is 3.50. The number of carbonyl (C=O) groups is 1. The molecule has 2 aromatic heterocycles. The van der Waals surface area contributed by atoms with Gasteiger partial charge >= 0.3 is 0 Å². The van der Waals surface area contributed by atoms with Gasteiger partial charge in [0.15, 0.2) is 17.3 Å². The highest BCUT2D eigenvalue weighted by atomic mass is 32.2. The van der Waals surface area contributed by atoms with Crippen LogP contribution in [0.15, 0.2) is 29.4 Å². The maximum absolute atomic E-state index is 12.9. The van der Waals surface area contributed by atoms with E-state index in [2.05, 4.69) is 20.1 Å². The first kappa shape index (κ1) is 18.2. The molecule has 1 fully saturated rings. The lowest BCUT2D eigenvalue weighted by molar-refractivity contribution is 0.102. The molecule has 0 unspecified atom stereocenters. The fourth-order valence-corrected chi connectivity index (χ4v) is 4.41. The van der Waals surface area contributed by atoms with Crippen molar-refractivity contribution in [3.63, 3.8) is 0 Å². The summed E-state index contributed by atoms with van der Waals surface area (Å²) in [7, 11) is 0. The van der Waals surface area contributed by atoms with Gasteiger partial charge in [-0.1, -0.05) is 17.8 Å². The molecule has 0 atom stereocenters. The molecule has 0 bridgehead atoms. The zero-order valence-corrected chi connectivity index (χ0v) is 17.1. The van der Waals surface area contributed by atoms with Crippen molar-refractivity contribution >= 4 is 17.5 Å². The number of Topliss-reactive ketones (excluding diaryl/α,β-unsaturated/α-hetero) is 1. The van der Waals surface area contributed by atoms with Crippen LogP contribution in [0.4, 0.5) is 0 Å². The normalized spacial score (nSPS) is 15.1. The van der Waals surface area contributed by atoms with Gasteiger partial charge in [-0.3, -0.25) is 4.79 Å². The molecule has 0 radical (unpaired) electrons. The third-order valence-electron chi connectivity index (χ3n) is 5.34. The highest BCUT2D eigenvalue weighted by Gasteiger charge is 2.28. The lowest BCUT2D eigenvalue weighted by Crippen LogP contribution is -2.08. The standard InChI is InChI=1S/C20H21N5O3S/c1-12-7-16(17(26)10-29-20-21-22-23-25(20)15-4-5-15)13(2)24(12)9-14-3-6-18-19(8-14)28-11-27-18/h3,6-8,15H,4-5,9-11H2,1-2H3. The predicted octanol–water partition coefficient (Wildman–Crippen LogP) is 3.18. The second kappa shape index (κ2) is 7.22. The van der Waals surface area contributed by atoms with Crippen LogP contribution in [-0.2, 0) is 6.54 Å². The van der Waals surface area contributed by atoms with E-state index < -0.39 is 0 Å². The molecule has 2 aliphatic rings. The third-order valence-corrected chi connectivity index (χ3v) is 6.27. The van der Waals surface area contributed by atoms with Crippen LogP contribution in [-0.4, -0.2) is 43.1 Å². The van der Waals surface area contributed by atoms with E-state index in [0.717, 1.165) is 52.0 Å². The molecule has 1 saturated carbocycles. The van der Waals surface area contributed by atoms with Gasteiger partial charge < -0.3 is 14.0 Å². The molecule has 3 heterocycles. The smallest absolute Gasteiger partial charge is 0.231 e. The van der Waals surface area contributed by atoms with Gasteiger partial charge in [-0.2, -0.15) is 0 Å². The van der Waals surface area contributed by atoms with E-state index in [9.17, 15) is 4.79 Å². The molecular formula is C20H21N5O3S. The monoisotopic (exact) mass is 411 g/mol. The zero-order chi connectivity index (χ0) is 20.0. The van der Waals surface area contributed by atoms with Crippen LogP contribution in [0.1, 0.15) is 46.2 Å². The maximum atomic E-state index is 12.9. The lowest BCUT2D eigenvalue weighted by Gasteiger charge is -2.10. The van der Waals surface area contributed by atoms with E-state index in [-0.39, 0.29) is 12.6 Å². The molecule has 8 nitrogen and oxygen atoms in total. The fraction of sp³-hybridized carbons (Fsp3) is 0.400. The molecule has 29 heavy (non-hydrogen) atoms. The fourth-order valence-electron chi connectivity index (χ4n) is 3.59. The van der Waals surface area contributed by atoms with E-state index in [1.807, 2.05) is 42.8 Å². The SMILES string of the molecule is Cc1cc(C(=O)CSc2nnnn2C2CC2)c(C)n1Cc1ccc2c(c1)OCO2. The summed E-state index contributed by atoms with van der Waals surface area (Å²) < 4.78 is 14.8. The van der Waals surface area contributed by atoms with E-state index >= 15 is 0 Å². The molecule has 9 heteroatoms. The Balaban J connectivity index is 1.31. The van der Waals surface area contributed by atoms with Gasteiger partial charge in [0.05, 0.1) is 11.8 Å². The minimum atomic E-state index is 0.0883. The second-order valence-electron chi connectivity index (χ2n) is 7.41. The van der Waals surface area contributed by atoms with Gasteiger partial charge in [0.25, 0.3) is 0 Å². The number of aryl methyl sites for hydroxylation is 1. The van der Waals surface area contributed by atoms with E-state index in [4.69, 9.17) is 9.47 Å². The summed E-state index contributed by atoms with van der Waals surface area (Å²) in [5.74, 6) is 1.95. The molecule has 0 saturated heterocycles. The first-order valence-electron chi connectivity index (χ1n) is 9.59. The number of nitrogens with zero attached hydrogens (tertiary/aromatic N) is 5. The van der Waals surface area contributed by atoms with Crippen molar-refractivity contribution in [2.45, 2.75) is 44.4 Å². The van der Waals surface area contributed by atoms with E-state index in [0.29, 0.717) is 18.3 Å². The Morgan fingerprint density at radius 3 is 2.86 bits per heavy atom. The number of hydrogen-bond donors (Lipinski definition) is 0. The first-order chi connectivity index (χ1) is 14.1. The molecule has 150 valence electrons. The molecular weight excluding hydrogens is 390 g/mol. The van der Waals surface area contributed by atoms with Crippen molar-refractivity contribution in [3.8, 4) is 11.5 Å². The number of tetrazole rings is 1. The Hall–Kier alpha value is -2.81. The number of fused-ring (bicyclic) bond motifs is 1. The van der Waals surface area contributed by atoms with E-state index in [1.165, 1.54) is 11.8 Å². The van der Waals surface area contributed by atoms with Crippen molar-refractivity contribution in [1.82, 2.24) is 24.8 Å². The minimum Gasteiger partial charge on any atom is -0.454 e. The molecule has 5 rings (SSSR count). The number of ether oxygens (including phenoxy) is 2. The molecule has 3 aromatic rings. The van der Waals surface area contributed by atoms with Crippen LogP contribution in [0.25, 0.3) is 0 Å². The Bertz CT molecular complexity index is 1090. The van der Waals surface area contributed by atoms with Gasteiger partial charge in [-0.05, 0) is 60.9 Å². The Labute approximate surface area is 172 Å². The number of carbonyl (C=O) groups excluding carboxylic acids is 1. The maximum Gasteiger partial charge on any atom is 0.231 e. The minimum absolute atomic E-state index is 0.0883. The predicted molar refractivity (Wildman–Crippen MR) is 107 cm³/mol. The van der Waals surface area contributed by atoms with Crippen LogP contribution in [0.5, 0.6) is 11.5 Å². The average Bonchev–Trinajstić information content (AvgIpc) is 3.15. The Morgan fingerprint density at radius 1 is 1.21 bits per heavy atom. The summed E-state index contributed by atoms with van der Waals surface area (Å²) >= 11 is 1.40. The topological polar surface area (TPSA) is 84.1 Å². The van der Waals surface area contributed by atoms with Crippen molar-refractivity contribution < 1.29 is 14.3 Å². The second-order valence-corrected chi connectivity index (χ2v) is 8.35. The Morgan fingerprint density at radius 2 is 2.03 bits per heavy atom. The summed E-state index contributed by atoms with van der Waals surface area (Å²) in [6, 6.07) is 8.32. The summed E-state index contributed by atoms with van der Waals surface area (Å²) in [6.45, 7) is 4.96. The van der Waals surface area contributed by atoms with Gasteiger partial charge in [0, 0.05) is 23.5 Å². The number of thioether (sulfide) groups is 1. The van der Waals surface area contributed by atoms with Gasteiger partial charge in [0.2, 0.25) is 11.9 Å². The molecule has 1 aromatic carbocycles. The van der Waals surface area contributed by atoms with Crippen LogP contribution in [0.3, 0.4) is 0 Å². The number of aromatic nitrogens is 5. The van der Waals surface area contributed by atoms with Crippen molar-refractivity contribution in [2.75, 3.05) is 12.5 Å². The molecule has 1 aliphatic heterocycles. The lowest BCUT2D eigenvalue weighted by atomic mass is 10.1. The van der Waals surface area contributed by atoms with Crippen molar-refractivity contribution in [2.24, 2.45) is 0 Å². The van der Waals surface area contributed by atoms with Crippen LogP contribution < -0.4 is 9.47 Å². The van der Waals surface area contributed by atoms with Crippen LogP contribution >= 0.6 is 11.8 Å². The largest absolute Gasteiger partial charge is 0.454 e. The highest BCUT2D eigenvalue weighted by Crippen LogP contribution is 2.36. The van der Waals surface area contributed by atoms with Crippen LogP contribution in [0, 0.1) is 13.8 Å². The van der Waals surface area contributed by atoms with Gasteiger partial charge in [0.1, 0.15) is 0 Å². The van der Waals surface area contributed by atoms with Gasteiger partial charge in [-0.25, -0.2) is 4.68 Å². The summed E-state index contributed by atoms with van der Waals surface area (Å²) in [5.41, 5.74) is 3.87. The first-order valence-corrected chi connectivity index (χ1v) is 10.6. The highest BCUT2D eigenvalue weighted by molar-refractivity contribution is 7.99. The van der Waals surface area contributed by atoms with Crippen molar-refractivity contribution in [1.29, 1.82) is 0 Å². The summed E-state index contributed by atoms with van der Waals surface area (Å²) in [4.78, 5) is 12.9. The Kier molecular flexibility index (Phi) is 4.54. The van der Waals surface area contributed by atoms with Gasteiger partial charge in [-0.15, -0.1) is 5.10 Å². The zero-order valence-electron chi connectivity index (χ0n) is 16.3. The molecule has 0 spiro atoms. The number of rotatable bonds is 7. The summed E-state index contributed by atoms with van der Waals surface area (Å²) in [5, 5.41) is 12.6. The average molecular weight is 411 g/mol. The number of ketones is 1.